The van der Waals surface area contributed by atoms with Gasteiger partial charge in [-0.3, -0.25) is 0 Å². The van der Waals surface area contributed by atoms with Gasteiger partial charge in [-0.25, -0.2) is 27.9 Å². The molecule has 2 heterocycles. The molecule has 1 aromatic carbocycles. The Balaban J connectivity index is 1.42. The van der Waals surface area contributed by atoms with Crippen LogP contribution >= 0.6 is 0 Å². The highest BCUT2D eigenvalue weighted by molar-refractivity contribution is 5.77. The first-order chi connectivity index (χ1) is 15.2. The van der Waals surface area contributed by atoms with Gasteiger partial charge in [0.1, 0.15) is 23.6 Å². The third kappa shape index (κ3) is 5.04. The number of ether oxygens (including phenoxy) is 2. The Kier molecular flexibility index (Phi) is 5.81. The summed E-state index contributed by atoms with van der Waals surface area (Å²) in [4.78, 5) is 18.8. The molecule has 0 spiro atoms. The minimum Gasteiger partial charge on any atom is -0.493 e. The van der Waals surface area contributed by atoms with Crippen molar-refractivity contribution >= 4 is 17.2 Å². The molecular weight excluding hydrogens is 431 g/mol. The number of carboxylic acid groups (broad SMARTS) is 1. The molecule has 2 aromatic heterocycles. The van der Waals surface area contributed by atoms with E-state index in [1.807, 2.05) is 0 Å². The number of benzene rings is 1. The van der Waals surface area contributed by atoms with Crippen LogP contribution in [0, 0.1) is 11.7 Å². The number of pyridine rings is 1. The molecule has 1 fully saturated rings. The van der Waals surface area contributed by atoms with Crippen LogP contribution in [0.25, 0.3) is 22.7 Å². The molecule has 0 bridgehead atoms. The highest BCUT2D eigenvalue weighted by Gasteiger charge is 2.45. The van der Waals surface area contributed by atoms with Crippen LogP contribution in [0.5, 0.6) is 11.5 Å². The van der Waals surface area contributed by atoms with Crippen LogP contribution in [0.3, 0.4) is 0 Å². The standard InChI is InChI=1S/C21H20F3N3O5/c1-11(26-20(28)29)9-30-14-4-15(22)18(25-8-14)19-27-16-3-2-13(5-17(16)32-19)31-10-12-6-21(23,24)7-12/h2-5,8,11-12,26H,6-7,9-10H2,1H3,(H,28,29)/t11-/m0/s1. The molecule has 0 saturated heterocycles. The fourth-order valence-corrected chi connectivity index (χ4v) is 3.34. The SMILES string of the molecule is C[C@@H](COc1cnc(-c2nc3ccc(OCC4CC(F)(F)C4)cc3o2)c(F)c1)NC(=O)O. The van der Waals surface area contributed by atoms with E-state index in [4.69, 9.17) is 19.0 Å². The first-order valence-corrected chi connectivity index (χ1v) is 9.88. The van der Waals surface area contributed by atoms with Crippen LogP contribution in [-0.4, -0.2) is 46.3 Å². The third-order valence-corrected chi connectivity index (χ3v) is 4.91. The van der Waals surface area contributed by atoms with E-state index in [0.29, 0.717) is 16.8 Å². The fourth-order valence-electron chi connectivity index (χ4n) is 3.34. The van der Waals surface area contributed by atoms with Crippen LogP contribution in [-0.2, 0) is 0 Å². The van der Waals surface area contributed by atoms with Crippen molar-refractivity contribution in [1.82, 2.24) is 15.3 Å². The Morgan fingerprint density at radius 1 is 1.31 bits per heavy atom. The highest BCUT2D eigenvalue weighted by atomic mass is 19.3. The van der Waals surface area contributed by atoms with E-state index in [1.54, 1.807) is 25.1 Å². The highest BCUT2D eigenvalue weighted by Crippen LogP contribution is 2.42. The minimum atomic E-state index is -2.59. The van der Waals surface area contributed by atoms with Crippen molar-refractivity contribution in [2.24, 2.45) is 5.92 Å². The lowest BCUT2D eigenvalue weighted by Crippen LogP contribution is -2.38. The Labute approximate surface area is 180 Å². The average Bonchev–Trinajstić information content (AvgIpc) is 3.11. The summed E-state index contributed by atoms with van der Waals surface area (Å²) in [5.41, 5.74) is 0.675. The molecule has 11 heteroatoms. The monoisotopic (exact) mass is 451 g/mol. The van der Waals surface area contributed by atoms with E-state index >= 15 is 0 Å². The summed E-state index contributed by atoms with van der Waals surface area (Å²) >= 11 is 0. The van der Waals surface area contributed by atoms with E-state index in [2.05, 4.69) is 15.3 Å². The first-order valence-electron chi connectivity index (χ1n) is 9.88. The maximum absolute atomic E-state index is 14.6. The number of amides is 1. The predicted octanol–water partition coefficient (Wildman–Crippen LogP) is 4.49. The van der Waals surface area contributed by atoms with Gasteiger partial charge in [0.2, 0.25) is 11.8 Å². The van der Waals surface area contributed by atoms with E-state index in [1.165, 1.54) is 6.20 Å². The molecule has 0 unspecified atom stereocenters. The molecule has 4 rings (SSSR count). The molecule has 1 saturated carbocycles. The van der Waals surface area contributed by atoms with Crippen molar-refractivity contribution < 1.29 is 37.0 Å². The Morgan fingerprint density at radius 3 is 2.78 bits per heavy atom. The summed E-state index contributed by atoms with van der Waals surface area (Å²) in [7, 11) is 0. The number of oxazole rings is 1. The summed E-state index contributed by atoms with van der Waals surface area (Å²) in [5.74, 6) is -2.98. The van der Waals surface area contributed by atoms with Crippen LogP contribution in [0.1, 0.15) is 19.8 Å². The van der Waals surface area contributed by atoms with Crippen molar-refractivity contribution in [3.63, 3.8) is 0 Å². The summed E-state index contributed by atoms with van der Waals surface area (Å²) in [6.45, 7) is 1.78. The fraction of sp³-hybridized carbons (Fsp3) is 0.381. The summed E-state index contributed by atoms with van der Waals surface area (Å²) in [5, 5.41) is 10.9. The Hall–Kier alpha value is -3.50. The summed E-state index contributed by atoms with van der Waals surface area (Å²) < 4.78 is 56.9. The Morgan fingerprint density at radius 2 is 2.09 bits per heavy atom. The Bertz CT molecular complexity index is 1130. The lowest BCUT2D eigenvalue weighted by Gasteiger charge is -2.34. The zero-order valence-electron chi connectivity index (χ0n) is 17.0. The second-order valence-electron chi connectivity index (χ2n) is 7.75. The molecule has 0 radical (unpaired) electrons. The van der Waals surface area contributed by atoms with Gasteiger partial charge in [0, 0.05) is 30.9 Å². The van der Waals surface area contributed by atoms with Crippen LogP contribution in [0.4, 0.5) is 18.0 Å². The van der Waals surface area contributed by atoms with Gasteiger partial charge in [-0.1, -0.05) is 0 Å². The molecule has 0 aliphatic heterocycles. The second kappa shape index (κ2) is 8.56. The molecule has 8 nitrogen and oxygen atoms in total. The molecule has 2 N–H and O–H groups in total. The number of alkyl halides is 2. The number of nitrogens with one attached hydrogen (secondary N) is 1. The number of aromatic nitrogens is 2. The van der Waals surface area contributed by atoms with E-state index in [9.17, 15) is 18.0 Å². The molecule has 1 aliphatic rings. The second-order valence-corrected chi connectivity index (χ2v) is 7.75. The largest absolute Gasteiger partial charge is 0.493 e. The van der Waals surface area contributed by atoms with Crippen LogP contribution in [0.15, 0.2) is 34.9 Å². The maximum atomic E-state index is 14.6. The van der Waals surface area contributed by atoms with Gasteiger partial charge < -0.3 is 24.3 Å². The van der Waals surface area contributed by atoms with Gasteiger partial charge in [-0.15, -0.1) is 0 Å². The maximum Gasteiger partial charge on any atom is 0.404 e. The van der Waals surface area contributed by atoms with Gasteiger partial charge in [0.15, 0.2) is 17.1 Å². The molecule has 1 aliphatic carbocycles. The molecule has 32 heavy (non-hydrogen) atoms. The minimum absolute atomic E-state index is 0.00305. The summed E-state index contributed by atoms with van der Waals surface area (Å²) in [6.07, 6.45) is -0.262. The van der Waals surface area contributed by atoms with Crippen molar-refractivity contribution in [2.75, 3.05) is 13.2 Å². The number of nitrogens with zero attached hydrogens (tertiary/aromatic N) is 2. The number of rotatable bonds is 8. The van der Waals surface area contributed by atoms with E-state index in [-0.39, 0.29) is 49.3 Å². The van der Waals surface area contributed by atoms with Gasteiger partial charge >= 0.3 is 6.09 Å². The number of hydrogen-bond acceptors (Lipinski definition) is 6. The number of hydrogen-bond donors (Lipinski definition) is 2. The summed E-state index contributed by atoms with van der Waals surface area (Å²) in [6, 6.07) is 5.43. The normalized spacial score (nSPS) is 16.4. The average molecular weight is 451 g/mol. The van der Waals surface area contributed by atoms with Crippen molar-refractivity contribution in [3.8, 4) is 23.1 Å². The predicted molar refractivity (Wildman–Crippen MR) is 106 cm³/mol. The smallest absolute Gasteiger partial charge is 0.404 e. The molecule has 3 aromatic rings. The molecule has 170 valence electrons. The number of fused-ring (bicyclic) bond motifs is 1. The van der Waals surface area contributed by atoms with Gasteiger partial charge in [0.05, 0.1) is 18.8 Å². The topological polar surface area (TPSA) is 107 Å². The lowest BCUT2D eigenvalue weighted by molar-refractivity contribution is -0.119. The zero-order chi connectivity index (χ0) is 22.9. The third-order valence-electron chi connectivity index (χ3n) is 4.91. The van der Waals surface area contributed by atoms with Crippen molar-refractivity contribution in [2.45, 2.75) is 31.7 Å². The van der Waals surface area contributed by atoms with Gasteiger partial charge in [0.25, 0.3) is 0 Å². The van der Waals surface area contributed by atoms with Crippen molar-refractivity contribution in [1.29, 1.82) is 0 Å². The molecule has 1 amide bonds. The van der Waals surface area contributed by atoms with E-state index in [0.717, 1.165) is 6.07 Å². The van der Waals surface area contributed by atoms with Gasteiger partial charge in [-0.05, 0) is 19.1 Å². The number of carbonyl (C=O) groups is 1. The lowest BCUT2D eigenvalue weighted by atomic mass is 9.82. The van der Waals surface area contributed by atoms with Crippen molar-refractivity contribution in [3.05, 3.63) is 36.3 Å². The van der Waals surface area contributed by atoms with Gasteiger partial charge in [-0.2, -0.15) is 0 Å². The first kappa shape index (κ1) is 21.7. The van der Waals surface area contributed by atoms with Crippen LogP contribution < -0.4 is 14.8 Å². The number of halogens is 3. The molecular formula is C21H20F3N3O5. The zero-order valence-corrected chi connectivity index (χ0v) is 17.0. The van der Waals surface area contributed by atoms with Crippen LogP contribution in [0.2, 0.25) is 0 Å². The quantitative estimate of drug-likeness (QED) is 0.520. The van der Waals surface area contributed by atoms with E-state index < -0.39 is 23.9 Å². The molecule has 1 atom stereocenters.